The monoisotopic (exact) mass is 429 g/mol. The van der Waals surface area contributed by atoms with Crippen molar-refractivity contribution in [2.75, 3.05) is 19.6 Å². The zero-order chi connectivity index (χ0) is 21.5. The molecule has 3 aromatic carbocycles. The first-order chi connectivity index (χ1) is 15.2. The molecule has 0 aliphatic carbocycles. The molecule has 1 aliphatic heterocycles. The average Bonchev–Trinajstić information content (AvgIpc) is 2.84. The first-order valence-corrected chi connectivity index (χ1v) is 12.1. The molecular weight excluding hydrogens is 398 g/mol. The molecule has 0 unspecified atom stereocenters. The highest BCUT2D eigenvalue weighted by atomic mass is 32.2. The number of likely N-dealkylation sites (tertiary alicyclic amines) is 1. The van der Waals surface area contributed by atoms with Crippen molar-refractivity contribution in [2.45, 2.75) is 47.8 Å². The summed E-state index contributed by atoms with van der Waals surface area (Å²) < 4.78 is 0. The molecular formula is C28H31NOS. The molecule has 160 valence electrons. The lowest BCUT2D eigenvalue weighted by molar-refractivity contribution is -0.126. The van der Waals surface area contributed by atoms with Gasteiger partial charge in [0.2, 0.25) is 0 Å². The summed E-state index contributed by atoms with van der Waals surface area (Å²) in [6, 6.07) is 29.7. The van der Waals surface area contributed by atoms with Crippen LogP contribution in [0.2, 0.25) is 0 Å². The number of carbonyl (C=O) groups excluding carboxylic acids is 1. The van der Waals surface area contributed by atoms with Gasteiger partial charge in [-0.1, -0.05) is 85.4 Å². The molecule has 0 bridgehead atoms. The molecule has 0 atom stereocenters. The molecule has 0 radical (unpaired) electrons. The van der Waals surface area contributed by atoms with E-state index in [9.17, 15) is 4.79 Å². The Labute approximate surface area is 190 Å². The van der Waals surface area contributed by atoms with Crippen LogP contribution >= 0.6 is 11.8 Å². The van der Waals surface area contributed by atoms with Gasteiger partial charge in [0.05, 0.1) is 5.41 Å². The molecule has 1 saturated heterocycles. The summed E-state index contributed by atoms with van der Waals surface area (Å²) in [5.41, 5.74) is 2.24. The Kier molecular flexibility index (Phi) is 7.26. The van der Waals surface area contributed by atoms with E-state index in [0.717, 1.165) is 38.9 Å². The van der Waals surface area contributed by atoms with Gasteiger partial charge in [0.1, 0.15) is 5.78 Å². The second-order valence-corrected chi connectivity index (χ2v) is 9.46. The fourth-order valence-electron chi connectivity index (χ4n) is 4.69. The molecule has 0 saturated carbocycles. The summed E-state index contributed by atoms with van der Waals surface area (Å²) in [5.74, 6) is 0.385. The number of benzene rings is 3. The molecule has 2 nitrogen and oxygen atoms in total. The number of carbonyl (C=O) groups is 1. The molecule has 1 heterocycles. The second kappa shape index (κ2) is 10.3. The lowest BCUT2D eigenvalue weighted by atomic mass is 9.69. The Bertz CT molecular complexity index is 978. The third kappa shape index (κ3) is 5.11. The van der Waals surface area contributed by atoms with Crippen LogP contribution in [0, 0.1) is 0 Å². The van der Waals surface area contributed by atoms with Crippen LogP contribution in [0.25, 0.3) is 0 Å². The average molecular weight is 430 g/mol. The van der Waals surface area contributed by atoms with E-state index in [1.165, 1.54) is 20.9 Å². The number of nitrogens with zero attached hydrogens (tertiary/aromatic N) is 1. The van der Waals surface area contributed by atoms with Crippen LogP contribution in [0.1, 0.15) is 37.3 Å². The summed E-state index contributed by atoms with van der Waals surface area (Å²) in [6.07, 6.45) is 3.46. The third-order valence-corrected chi connectivity index (χ3v) is 7.58. The third-order valence-electron chi connectivity index (χ3n) is 6.50. The van der Waals surface area contributed by atoms with Crippen molar-refractivity contribution in [3.63, 3.8) is 0 Å². The summed E-state index contributed by atoms with van der Waals surface area (Å²) >= 11 is 1.78. The Hall–Kier alpha value is -2.36. The highest BCUT2D eigenvalue weighted by Crippen LogP contribution is 2.43. The number of hydrogen-bond donors (Lipinski definition) is 0. The van der Waals surface area contributed by atoms with E-state index in [-0.39, 0.29) is 5.41 Å². The number of Topliss-reactive ketones (excluding diaryl/α,β-unsaturated/α-hetero) is 1. The number of rotatable bonds is 8. The van der Waals surface area contributed by atoms with Crippen molar-refractivity contribution >= 4 is 17.5 Å². The highest BCUT2D eigenvalue weighted by Gasteiger charge is 2.42. The Morgan fingerprint density at radius 1 is 0.871 bits per heavy atom. The van der Waals surface area contributed by atoms with Crippen molar-refractivity contribution in [1.82, 2.24) is 4.90 Å². The van der Waals surface area contributed by atoms with Crippen molar-refractivity contribution in [2.24, 2.45) is 0 Å². The molecule has 31 heavy (non-hydrogen) atoms. The van der Waals surface area contributed by atoms with E-state index < -0.39 is 0 Å². The molecule has 1 fully saturated rings. The number of piperidine rings is 1. The number of ketones is 1. The van der Waals surface area contributed by atoms with E-state index >= 15 is 0 Å². The molecule has 3 heteroatoms. The lowest BCUT2D eigenvalue weighted by Crippen LogP contribution is -2.47. The Morgan fingerprint density at radius 2 is 1.48 bits per heavy atom. The molecule has 1 aliphatic rings. The van der Waals surface area contributed by atoms with Gasteiger partial charge in [-0.3, -0.25) is 4.79 Å². The van der Waals surface area contributed by atoms with Crippen molar-refractivity contribution in [3.8, 4) is 0 Å². The minimum Gasteiger partial charge on any atom is -0.303 e. The lowest BCUT2D eigenvalue weighted by Gasteiger charge is -2.42. The van der Waals surface area contributed by atoms with Crippen LogP contribution in [0.4, 0.5) is 0 Å². The molecule has 0 N–H and O–H groups in total. The predicted molar refractivity (Wildman–Crippen MR) is 130 cm³/mol. The van der Waals surface area contributed by atoms with Gasteiger partial charge in [-0.2, -0.15) is 0 Å². The van der Waals surface area contributed by atoms with Gasteiger partial charge < -0.3 is 4.90 Å². The standard InChI is InChI=1S/C28H31NOS/c1-2-27(30)28(18-21-29(22-19-28)20-17-23-11-5-3-6-12-23)25-15-9-10-16-26(25)31-24-13-7-4-8-14-24/h3-16H,2,17-22H2,1H3. The van der Waals surface area contributed by atoms with Crippen LogP contribution < -0.4 is 0 Å². The minimum absolute atomic E-state index is 0.365. The fraction of sp³-hybridized carbons (Fsp3) is 0.321. The van der Waals surface area contributed by atoms with E-state index in [0.29, 0.717) is 12.2 Å². The van der Waals surface area contributed by atoms with Gasteiger partial charge in [0.25, 0.3) is 0 Å². The zero-order valence-corrected chi connectivity index (χ0v) is 19.1. The maximum absolute atomic E-state index is 13.4. The maximum atomic E-state index is 13.4. The first-order valence-electron chi connectivity index (χ1n) is 11.3. The quantitative estimate of drug-likeness (QED) is 0.414. The van der Waals surface area contributed by atoms with Crippen LogP contribution in [0.3, 0.4) is 0 Å². The maximum Gasteiger partial charge on any atom is 0.143 e. The Balaban J connectivity index is 1.53. The molecule has 0 aromatic heterocycles. The van der Waals surface area contributed by atoms with Crippen molar-refractivity contribution in [1.29, 1.82) is 0 Å². The van der Waals surface area contributed by atoms with Crippen LogP contribution in [-0.2, 0) is 16.6 Å². The summed E-state index contributed by atoms with van der Waals surface area (Å²) in [5, 5.41) is 0. The van der Waals surface area contributed by atoms with E-state index in [1.54, 1.807) is 11.8 Å². The van der Waals surface area contributed by atoms with E-state index in [2.05, 4.69) is 83.8 Å². The molecule has 4 rings (SSSR count). The van der Waals surface area contributed by atoms with E-state index in [4.69, 9.17) is 0 Å². The first kappa shape index (κ1) is 21.9. The molecule has 3 aromatic rings. The molecule has 0 spiro atoms. The van der Waals surface area contributed by atoms with Crippen molar-refractivity contribution in [3.05, 3.63) is 96.1 Å². The van der Waals surface area contributed by atoms with Gasteiger partial charge in [0.15, 0.2) is 0 Å². The van der Waals surface area contributed by atoms with Gasteiger partial charge in [-0.15, -0.1) is 0 Å². The SMILES string of the molecule is CCC(=O)C1(c2ccccc2Sc2ccccc2)CCN(CCc2ccccc2)CC1. The smallest absolute Gasteiger partial charge is 0.143 e. The summed E-state index contributed by atoms with van der Waals surface area (Å²) in [7, 11) is 0. The van der Waals surface area contributed by atoms with Gasteiger partial charge >= 0.3 is 0 Å². The zero-order valence-electron chi connectivity index (χ0n) is 18.3. The summed E-state index contributed by atoms with van der Waals surface area (Å²) in [4.78, 5) is 18.3. The Morgan fingerprint density at radius 3 is 2.16 bits per heavy atom. The van der Waals surface area contributed by atoms with Crippen LogP contribution in [-0.4, -0.2) is 30.3 Å². The second-order valence-electron chi connectivity index (χ2n) is 8.35. The van der Waals surface area contributed by atoms with Gasteiger partial charge in [-0.25, -0.2) is 0 Å². The van der Waals surface area contributed by atoms with Gasteiger partial charge in [0, 0.05) is 22.8 Å². The van der Waals surface area contributed by atoms with Crippen molar-refractivity contribution < 1.29 is 4.79 Å². The van der Waals surface area contributed by atoms with Gasteiger partial charge in [-0.05, 0) is 61.7 Å². The normalized spacial score (nSPS) is 16.2. The number of hydrogen-bond acceptors (Lipinski definition) is 3. The topological polar surface area (TPSA) is 20.3 Å². The highest BCUT2D eigenvalue weighted by molar-refractivity contribution is 7.99. The minimum atomic E-state index is -0.365. The predicted octanol–water partition coefficient (Wildman–Crippen LogP) is 6.39. The largest absolute Gasteiger partial charge is 0.303 e. The van der Waals surface area contributed by atoms with Crippen LogP contribution in [0.5, 0.6) is 0 Å². The van der Waals surface area contributed by atoms with Crippen LogP contribution in [0.15, 0.2) is 94.7 Å². The molecule has 0 amide bonds. The summed E-state index contributed by atoms with van der Waals surface area (Å²) in [6.45, 7) is 5.02. The van der Waals surface area contributed by atoms with E-state index in [1.807, 2.05) is 13.0 Å². The fourth-order valence-corrected chi connectivity index (χ4v) is 5.76.